The second-order valence-corrected chi connectivity index (χ2v) is 9.52. The number of aliphatic hydroxyl groups excluding tert-OH is 1. The average molecular weight is 436 g/mol. The molecule has 0 saturated heterocycles. The molecule has 1 aromatic heterocycles. The third-order valence-electron chi connectivity index (χ3n) is 5.42. The van der Waals surface area contributed by atoms with Gasteiger partial charge in [0.15, 0.2) is 0 Å². The number of carbonyl (C=O) groups is 1. The Morgan fingerprint density at radius 2 is 1.88 bits per heavy atom. The first-order valence-electron chi connectivity index (χ1n) is 10.7. The smallest absolute Gasteiger partial charge is 0.326 e. The molecule has 2 rings (SSSR count). The van der Waals surface area contributed by atoms with Gasteiger partial charge in [-0.3, -0.25) is 15.1 Å². The maximum Gasteiger partial charge on any atom is 0.326 e. The van der Waals surface area contributed by atoms with E-state index in [0.717, 1.165) is 27.8 Å². The zero-order valence-electron chi connectivity index (χ0n) is 19.6. The lowest BCUT2D eigenvalue weighted by Gasteiger charge is -2.25. The van der Waals surface area contributed by atoms with Gasteiger partial charge in [-0.2, -0.15) is 5.26 Å². The van der Waals surface area contributed by atoms with Gasteiger partial charge in [-0.25, -0.2) is 0 Å². The van der Waals surface area contributed by atoms with Crippen LogP contribution >= 0.6 is 0 Å². The lowest BCUT2D eigenvalue weighted by atomic mass is 9.91. The van der Waals surface area contributed by atoms with Crippen LogP contribution in [-0.2, 0) is 24.2 Å². The predicted molar refractivity (Wildman–Crippen MR) is 126 cm³/mol. The van der Waals surface area contributed by atoms with Crippen LogP contribution in [0, 0.1) is 23.7 Å². The molecule has 0 aliphatic carbocycles. The molecule has 6 nitrogen and oxygen atoms in total. The van der Waals surface area contributed by atoms with Crippen molar-refractivity contribution in [3.8, 4) is 6.07 Å². The van der Waals surface area contributed by atoms with E-state index in [2.05, 4.69) is 61.4 Å². The van der Waals surface area contributed by atoms with Crippen molar-refractivity contribution < 1.29 is 15.0 Å². The molecule has 0 unspecified atom stereocenters. The third kappa shape index (κ3) is 7.01. The number of nitrogens with one attached hydrogen (secondary N) is 1. The van der Waals surface area contributed by atoms with Crippen LogP contribution in [0.5, 0.6) is 0 Å². The van der Waals surface area contributed by atoms with Gasteiger partial charge in [-0.05, 0) is 66.0 Å². The quantitative estimate of drug-likeness (QED) is 0.549. The first-order chi connectivity index (χ1) is 15.0. The van der Waals surface area contributed by atoms with Crippen LogP contribution in [0.3, 0.4) is 0 Å². The number of nitriles is 1. The van der Waals surface area contributed by atoms with E-state index in [1.165, 1.54) is 6.92 Å². The van der Waals surface area contributed by atoms with Crippen LogP contribution in [0.2, 0.25) is 0 Å². The van der Waals surface area contributed by atoms with Crippen molar-refractivity contribution in [2.45, 2.75) is 59.5 Å². The number of aliphatic carboxylic acids is 1. The van der Waals surface area contributed by atoms with E-state index in [4.69, 9.17) is 5.26 Å². The van der Waals surface area contributed by atoms with Crippen molar-refractivity contribution >= 4 is 12.0 Å². The van der Waals surface area contributed by atoms with Crippen molar-refractivity contribution in [3.63, 3.8) is 0 Å². The number of rotatable bonds is 9. The minimum absolute atomic E-state index is 0.0562. The zero-order valence-corrected chi connectivity index (χ0v) is 19.6. The fraction of sp³-hybridized carbons (Fsp3) is 0.423. The van der Waals surface area contributed by atoms with Crippen LogP contribution in [-0.4, -0.2) is 33.3 Å². The van der Waals surface area contributed by atoms with Crippen LogP contribution in [0.15, 0.2) is 36.7 Å². The van der Waals surface area contributed by atoms with Crippen LogP contribution in [0.25, 0.3) is 6.08 Å². The summed E-state index contributed by atoms with van der Waals surface area (Å²) in [6, 6.07) is 8.18. The molecule has 1 aromatic carbocycles. The minimum atomic E-state index is -1.42. The molecule has 2 aromatic rings. The van der Waals surface area contributed by atoms with Gasteiger partial charge in [0.05, 0.1) is 12.2 Å². The first-order valence-corrected chi connectivity index (χ1v) is 10.7. The fourth-order valence-electron chi connectivity index (χ4n) is 3.20. The van der Waals surface area contributed by atoms with Crippen molar-refractivity contribution in [1.29, 1.82) is 5.26 Å². The number of aliphatic hydroxyl groups is 1. The Hall–Kier alpha value is -3.01. The standard InChI is InChI=1S/C26H33N3O3/c1-18-10-23(16-29-26(5,17-30)24(31)32)22(12-21(18)8-9-25(2,3)4)7-6-19-11-20(13-27)15-28-14-19/h8-12,14-15,29-30H,6-7,16-17H2,1-5H3,(H,31,32)/b9-8+/t26-/m1/s1. The van der Waals surface area contributed by atoms with E-state index in [1.807, 2.05) is 13.0 Å². The predicted octanol–water partition coefficient (Wildman–Crippen LogP) is 4.03. The van der Waals surface area contributed by atoms with Gasteiger partial charge >= 0.3 is 5.97 Å². The maximum absolute atomic E-state index is 11.6. The van der Waals surface area contributed by atoms with E-state index < -0.39 is 18.1 Å². The van der Waals surface area contributed by atoms with E-state index >= 15 is 0 Å². The Kier molecular flexibility index (Phi) is 8.31. The Labute approximate surface area is 190 Å². The Morgan fingerprint density at radius 3 is 2.47 bits per heavy atom. The number of nitrogens with zero attached hydrogens (tertiary/aromatic N) is 2. The van der Waals surface area contributed by atoms with Gasteiger partial charge in [-0.1, -0.05) is 45.1 Å². The second-order valence-electron chi connectivity index (χ2n) is 9.52. The lowest BCUT2D eigenvalue weighted by molar-refractivity contribution is -0.145. The summed E-state index contributed by atoms with van der Waals surface area (Å²) >= 11 is 0. The molecule has 0 aliphatic rings. The molecule has 32 heavy (non-hydrogen) atoms. The van der Waals surface area contributed by atoms with E-state index in [9.17, 15) is 15.0 Å². The summed E-state index contributed by atoms with van der Waals surface area (Å²) in [7, 11) is 0. The highest BCUT2D eigenvalue weighted by Gasteiger charge is 2.31. The molecule has 0 aliphatic heterocycles. The largest absolute Gasteiger partial charge is 0.480 e. The van der Waals surface area contributed by atoms with E-state index in [-0.39, 0.29) is 5.41 Å². The van der Waals surface area contributed by atoms with Gasteiger partial charge in [0.1, 0.15) is 11.6 Å². The summed E-state index contributed by atoms with van der Waals surface area (Å²) in [6.07, 6.45) is 9.03. The zero-order chi connectivity index (χ0) is 23.9. The summed E-state index contributed by atoms with van der Waals surface area (Å²) < 4.78 is 0. The maximum atomic E-state index is 11.6. The van der Waals surface area contributed by atoms with Gasteiger partial charge in [0, 0.05) is 18.9 Å². The third-order valence-corrected chi connectivity index (χ3v) is 5.42. The van der Waals surface area contributed by atoms with E-state index in [1.54, 1.807) is 12.4 Å². The van der Waals surface area contributed by atoms with Crippen molar-refractivity contribution in [3.05, 3.63) is 70.0 Å². The van der Waals surface area contributed by atoms with Crippen LogP contribution in [0.1, 0.15) is 61.1 Å². The first kappa shape index (κ1) is 25.3. The summed E-state index contributed by atoms with van der Waals surface area (Å²) in [4.78, 5) is 15.7. The molecule has 6 heteroatoms. The molecule has 170 valence electrons. The molecule has 0 saturated carbocycles. The summed E-state index contributed by atoms with van der Waals surface area (Å²) in [5.74, 6) is -1.10. The topological polar surface area (TPSA) is 106 Å². The second kappa shape index (κ2) is 10.5. The highest BCUT2D eigenvalue weighted by molar-refractivity contribution is 5.78. The molecular formula is C26H33N3O3. The molecule has 0 bridgehead atoms. The number of carboxylic acids is 1. The average Bonchev–Trinajstić information content (AvgIpc) is 2.75. The number of allylic oxidation sites excluding steroid dienone is 1. The molecule has 1 atom stereocenters. The summed E-state index contributed by atoms with van der Waals surface area (Å²) in [5, 5.41) is 31.1. The molecule has 1 heterocycles. The van der Waals surface area contributed by atoms with Crippen LogP contribution < -0.4 is 5.32 Å². The Bertz CT molecular complexity index is 1030. The lowest BCUT2D eigenvalue weighted by Crippen LogP contribution is -2.52. The summed E-state index contributed by atoms with van der Waals surface area (Å²) in [6.45, 7) is 9.77. The number of aromatic nitrogens is 1. The van der Waals surface area contributed by atoms with Crippen molar-refractivity contribution in [1.82, 2.24) is 10.3 Å². The van der Waals surface area contributed by atoms with Crippen LogP contribution in [0.4, 0.5) is 0 Å². The number of carboxylic acid groups (broad SMARTS) is 1. The van der Waals surface area contributed by atoms with Gasteiger partial charge in [-0.15, -0.1) is 0 Å². The van der Waals surface area contributed by atoms with Crippen molar-refractivity contribution in [2.75, 3.05) is 6.61 Å². The molecule has 0 fully saturated rings. The highest BCUT2D eigenvalue weighted by atomic mass is 16.4. The SMILES string of the molecule is Cc1cc(CN[C@](C)(CO)C(=O)O)c(CCc2cncc(C#N)c2)cc1/C=C/C(C)(C)C. The summed E-state index contributed by atoms with van der Waals surface area (Å²) in [5.41, 5.74) is 4.43. The molecular weight excluding hydrogens is 402 g/mol. The number of hydrogen-bond donors (Lipinski definition) is 3. The number of aryl methyl sites for hydroxylation is 3. The monoisotopic (exact) mass is 435 g/mol. The highest BCUT2D eigenvalue weighted by Crippen LogP contribution is 2.24. The van der Waals surface area contributed by atoms with Crippen molar-refractivity contribution in [2.24, 2.45) is 5.41 Å². The number of hydrogen-bond acceptors (Lipinski definition) is 5. The molecule has 0 spiro atoms. The van der Waals surface area contributed by atoms with Gasteiger partial charge in [0.2, 0.25) is 0 Å². The minimum Gasteiger partial charge on any atom is -0.480 e. The molecule has 0 amide bonds. The fourth-order valence-corrected chi connectivity index (χ4v) is 3.20. The molecule has 3 N–H and O–H groups in total. The Morgan fingerprint density at radius 1 is 1.16 bits per heavy atom. The Balaban J connectivity index is 2.37. The number of pyridine rings is 1. The van der Waals surface area contributed by atoms with Gasteiger partial charge < -0.3 is 10.2 Å². The van der Waals surface area contributed by atoms with Gasteiger partial charge in [0.25, 0.3) is 0 Å². The normalized spacial score (nSPS) is 13.7. The number of benzene rings is 1. The molecule has 0 radical (unpaired) electrons. The van der Waals surface area contributed by atoms with E-state index in [0.29, 0.717) is 24.9 Å².